The first-order valence-corrected chi connectivity index (χ1v) is 11.5. The minimum absolute atomic E-state index is 0.122. The zero-order chi connectivity index (χ0) is 12.1. The van der Waals surface area contributed by atoms with Gasteiger partial charge in [-0.15, -0.1) is 0 Å². The van der Waals surface area contributed by atoms with E-state index in [-0.39, 0.29) is 27.6 Å². The van der Waals surface area contributed by atoms with Gasteiger partial charge in [0.25, 0.3) is 0 Å². The van der Waals surface area contributed by atoms with Crippen LogP contribution in [-0.2, 0) is 9.47 Å². The van der Waals surface area contributed by atoms with Gasteiger partial charge in [-0.2, -0.15) is 0 Å². The van der Waals surface area contributed by atoms with Crippen molar-refractivity contribution < 1.29 is 9.47 Å². The van der Waals surface area contributed by atoms with Crippen molar-refractivity contribution in [2.24, 2.45) is 0 Å². The highest BCUT2D eigenvalue weighted by atomic mass is 28.4. The minimum Gasteiger partial charge on any atom is -0.354 e. The Morgan fingerprint density at radius 2 is 1.33 bits per heavy atom. The summed E-state index contributed by atoms with van der Waals surface area (Å²) >= 11 is 0. The molecule has 2 nitrogen and oxygen atoms in total. The lowest BCUT2D eigenvalue weighted by atomic mass is 10.5. The molecule has 0 atom stereocenters. The highest BCUT2D eigenvalue weighted by molar-refractivity contribution is 6.83. The van der Waals surface area contributed by atoms with Crippen molar-refractivity contribution in [3.05, 3.63) is 0 Å². The van der Waals surface area contributed by atoms with Crippen LogP contribution in [0.1, 0.15) is 27.7 Å². The van der Waals surface area contributed by atoms with Crippen LogP contribution >= 0.6 is 0 Å². The summed E-state index contributed by atoms with van der Waals surface area (Å²) in [4.78, 5) is 0. The molecule has 0 radical (unpaired) electrons. The molecule has 0 heterocycles. The molecule has 15 heavy (non-hydrogen) atoms. The average molecular weight is 249 g/mol. The fourth-order valence-corrected chi connectivity index (χ4v) is 6.78. The van der Waals surface area contributed by atoms with Crippen molar-refractivity contribution >= 4 is 17.6 Å². The lowest BCUT2D eigenvalue weighted by Crippen LogP contribution is -2.35. The molecule has 4 heteroatoms. The quantitative estimate of drug-likeness (QED) is 0.509. The predicted molar refractivity (Wildman–Crippen MR) is 72.9 cm³/mol. The summed E-state index contributed by atoms with van der Waals surface area (Å²) in [6, 6.07) is 0. The molecule has 0 rings (SSSR count). The van der Waals surface area contributed by atoms with E-state index in [9.17, 15) is 0 Å². The number of hydrogen-bond acceptors (Lipinski definition) is 2. The molecular weight excluding hydrogens is 220 g/mol. The third-order valence-corrected chi connectivity index (χ3v) is 9.99. The van der Waals surface area contributed by atoms with Gasteiger partial charge in [0.15, 0.2) is 0 Å². The zero-order valence-electron chi connectivity index (χ0n) is 11.5. The van der Waals surface area contributed by atoms with Gasteiger partial charge in [-0.3, -0.25) is 0 Å². The van der Waals surface area contributed by atoms with Crippen molar-refractivity contribution in [2.75, 3.05) is 0 Å². The third-order valence-electron chi connectivity index (χ3n) is 1.98. The van der Waals surface area contributed by atoms with Gasteiger partial charge < -0.3 is 9.47 Å². The first kappa shape index (κ1) is 15.4. The highest BCUT2D eigenvalue weighted by Gasteiger charge is 2.19. The maximum atomic E-state index is 5.82. The smallest absolute Gasteiger partial charge is 0.135 e. The SMILES string of the molecule is CC(C)OC(OC(C)C)[SiH2]C[Si](C)(C)C. The predicted octanol–water partition coefficient (Wildman–Crippen LogP) is 2.58. The van der Waals surface area contributed by atoms with E-state index in [4.69, 9.17) is 9.47 Å². The van der Waals surface area contributed by atoms with Gasteiger partial charge in [0, 0.05) is 8.07 Å². The fourth-order valence-electron chi connectivity index (χ4n) is 1.33. The highest BCUT2D eigenvalue weighted by Crippen LogP contribution is 2.11. The summed E-state index contributed by atoms with van der Waals surface area (Å²) < 4.78 is 11.6. The van der Waals surface area contributed by atoms with Gasteiger partial charge in [0.1, 0.15) is 5.91 Å². The number of rotatable bonds is 7. The molecular formula is C11H28O2Si2. The van der Waals surface area contributed by atoms with E-state index in [1.807, 2.05) is 0 Å². The molecule has 0 bridgehead atoms. The van der Waals surface area contributed by atoms with Crippen molar-refractivity contribution in [3.8, 4) is 0 Å². The lowest BCUT2D eigenvalue weighted by molar-refractivity contribution is -0.133. The van der Waals surface area contributed by atoms with Crippen molar-refractivity contribution in [1.82, 2.24) is 0 Å². The topological polar surface area (TPSA) is 18.5 Å². The van der Waals surface area contributed by atoms with Crippen LogP contribution in [0.2, 0.25) is 25.3 Å². The summed E-state index contributed by atoms with van der Waals surface area (Å²) in [6.45, 7) is 15.6. The van der Waals surface area contributed by atoms with E-state index in [0.29, 0.717) is 0 Å². The van der Waals surface area contributed by atoms with E-state index in [0.717, 1.165) is 0 Å². The number of hydrogen-bond donors (Lipinski definition) is 0. The molecule has 0 N–H and O–H groups in total. The standard InChI is InChI=1S/C11H28O2Si2/c1-9(2)12-11(13-10(3)4)14-8-15(5,6)7/h9-11H,8,14H2,1-7H3. The molecule has 0 fully saturated rings. The Hall–Kier alpha value is 0.354. The largest absolute Gasteiger partial charge is 0.354 e. The van der Waals surface area contributed by atoms with Crippen LogP contribution in [0.25, 0.3) is 0 Å². The molecule has 92 valence electrons. The summed E-state index contributed by atoms with van der Waals surface area (Å²) in [5, 5.41) is 0. The van der Waals surface area contributed by atoms with Crippen molar-refractivity contribution in [3.63, 3.8) is 0 Å². The molecule has 0 saturated heterocycles. The van der Waals surface area contributed by atoms with Gasteiger partial charge >= 0.3 is 0 Å². The Morgan fingerprint density at radius 3 is 1.60 bits per heavy atom. The normalized spacial score (nSPS) is 14.0. The fraction of sp³-hybridized carbons (Fsp3) is 1.00. The van der Waals surface area contributed by atoms with Crippen LogP contribution in [0.5, 0.6) is 0 Å². The molecule has 0 unspecified atom stereocenters. The summed E-state index contributed by atoms with van der Waals surface area (Å²) in [5.41, 5.74) is 1.40. The molecule has 0 aromatic heterocycles. The Morgan fingerprint density at radius 1 is 0.933 bits per heavy atom. The van der Waals surface area contributed by atoms with Crippen LogP contribution < -0.4 is 0 Å². The van der Waals surface area contributed by atoms with Crippen LogP contribution in [0.4, 0.5) is 0 Å². The molecule has 0 aliphatic heterocycles. The van der Waals surface area contributed by atoms with Gasteiger partial charge in [-0.05, 0) is 27.7 Å². The zero-order valence-corrected chi connectivity index (χ0v) is 13.9. The average Bonchev–Trinajstić information content (AvgIpc) is 1.96. The van der Waals surface area contributed by atoms with Crippen molar-refractivity contribution in [2.45, 2.75) is 71.1 Å². The first-order valence-electron chi connectivity index (χ1n) is 6.01. The summed E-state index contributed by atoms with van der Waals surface area (Å²) in [5.74, 6) is 0.122. The molecule has 0 aliphatic carbocycles. The summed E-state index contributed by atoms with van der Waals surface area (Å²) in [6.07, 6.45) is 0.561. The van der Waals surface area contributed by atoms with E-state index < -0.39 is 8.07 Å². The van der Waals surface area contributed by atoms with Crippen LogP contribution in [0.3, 0.4) is 0 Å². The molecule has 0 spiro atoms. The van der Waals surface area contributed by atoms with Gasteiger partial charge in [-0.1, -0.05) is 25.3 Å². The number of ether oxygens (including phenoxy) is 2. The van der Waals surface area contributed by atoms with Gasteiger partial charge in [0.2, 0.25) is 0 Å². The second-order valence-electron chi connectivity index (χ2n) is 5.90. The third kappa shape index (κ3) is 10.6. The van der Waals surface area contributed by atoms with E-state index in [1.54, 1.807) is 0 Å². The second-order valence-corrected chi connectivity index (χ2v) is 14.3. The van der Waals surface area contributed by atoms with Crippen molar-refractivity contribution in [1.29, 1.82) is 0 Å². The summed E-state index contributed by atoms with van der Waals surface area (Å²) in [7, 11) is -1.17. The maximum Gasteiger partial charge on any atom is 0.135 e. The Labute approximate surface area is 98.6 Å². The molecule has 0 aromatic rings. The van der Waals surface area contributed by atoms with E-state index >= 15 is 0 Å². The maximum absolute atomic E-state index is 5.82. The second kappa shape index (κ2) is 6.83. The van der Waals surface area contributed by atoms with E-state index in [1.165, 1.54) is 5.67 Å². The van der Waals surface area contributed by atoms with E-state index in [2.05, 4.69) is 47.3 Å². The monoisotopic (exact) mass is 248 g/mol. The Bertz CT molecular complexity index is 154. The first-order chi connectivity index (χ1) is 6.70. The molecule has 0 aromatic carbocycles. The Kier molecular flexibility index (Phi) is 6.99. The molecule has 0 saturated carbocycles. The molecule has 0 amide bonds. The van der Waals surface area contributed by atoms with Gasteiger partial charge in [0.05, 0.1) is 21.7 Å². The minimum atomic E-state index is -0.920. The van der Waals surface area contributed by atoms with Gasteiger partial charge in [-0.25, -0.2) is 0 Å². The Balaban J connectivity index is 4.01. The lowest BCUT2D eigenvalue weighted by Gasteiger charge is -2.25. The van der Waals surface area contributed by atoms with Crippen LogP contribution in [-0.4, -0.2) is 35.7 Å². The van der Waals surface area contributed by atoms with Crippen LogP contribution in [0, 0.1) is 0 Å². The van der Waals surface area contributed by atoms with Crippen LogP contribution in [0.15, 0.2) is 0 Å². The molecule has 0 aliphatic rings.